The fourth-order valence-corrected chi connectivity index (χ4v) is 3.43. The molecule has 2 aromatic carbocycles. The molecule has 7 heteroatoms. The summed E-state index contributed by atoms with van der Waals surface area (Å²) in [5, 5.41) is 3.70. The van der Waals surface area contributed by atoms with E-state index >= 15 is 0 Å². The van der Waals surface area contributed by atoms with Crippen molar-refractivity contribution in [1.29, 1.82) is 0 Å². The minimum Gasteiger partial charge on any atom is -0.495 e. The second-order valence-electron chi connectivity index (χ2n) is 7.13. The molecular formula is C23H28ClN5O. The standard InChI is InChI=1S/C23H28ClN5O/c1-25-23(26-19-9-10-22(30-3)20(24)17-19)27-21(18-7-5-4-6-8-18)11-12-29-15-13-28(2)14-16-29/h4-11,17H,1,12-16H2,2-3H3,(H,26,27)/b21-11-. The highest BCUT2D eigenvalue weighted by Crippen LogP contribution is 2.27. The Balaban J connectivity index is 1.82. The first-order valence-corrected chi connectivity index (χ1v) is 10.3. The van der Waals surface area contributed by atoms with Gasteiger partial charge in [0.15, 0.2) is 0 Å². The van der Waals surface area contributed by atoms with Crippen LogP contribution in [-0.4, -0.2) is 69.4 Å². The van der Waals surface area contributed by atoms with E-state index in [9.17, 15) is 0 Å². The topological polar surface area (TPSA) is 52.5 Å². The number of methoxy groups -OCH3 is 1. The molecule has 3 rings (SSSR count). The summed E-state index contributed by atoms with van der Waals surface area (Å²) in [5.74, 6) is 1.02. The number of piperazine rings is 1. The van der Waals surface area contributed by atoms with Gasteiger partial charge in [0, 0.05) is 38.4 Å². The van der Waals surface area contributed by atoms with Crippen molar-refractivity contribution in [1.82, 2.24) is 9.80 Å². The first-order valence-electron chi connectivity index (χ1n) is 9.91. The second kappa shape index (κ2) is 10.9. The summed E-state index contributed by atoms with van der Waals surface area (Å²) in [7, 11) is 3.75. The third kappa shape index (κ3) is 6.16. The van der Waals surface area contributed by atoms with Crippen LogP contribution in [0.15, 0.2) is 64.6 Å². The molecule has 0 aromatic heterocycles. The molecule has 158 valence electrons. The summed E-state index contributed by atoms with van der Waals surface area (Å²) in [4.78, 5) is 13.6. The van der Waals surface area contributed by atoms with Gasteiger partial charge >= 0.3 is 0 Å². The molecule has 1 fully saturated rings. The van der Waals surface area contributed by atoms with Crippen LogP contribution in [0.3, 0.4) is 0 Å². The number of hydrogen-bond acceptors (Lipinski definition) is 4. The molecule has 0 saturated carbocycles. The number of aliphatic imine (C=N–C) groups is 2. The van der Waals surface area contributed by atoms with E-state index in [1.54, 1.807) is 19.2 Å². The number of anilines is 1. The van der Waals surface area contributed by atoms with Crippen molar-refractivity contribution in [3.8, 4) is 5.75 Å². The van der Waals surface area contributed by atoms with Gasteiger partial charge in [-0.2, -0.15) is 0 Å². The normalized spacial score (nSPS) is 16.4. The summed E-state index contributed by atoms with van der Waals surface area (Å²) in [6.07, 6.45) is 2.15. The lowest BCUT2D eigenvalue weighted by Crippen LogP contribution is -2.44. The third-order valence-corrected chi connectivity index (χ3v) is 5.29. The largest absolute Gasteiger partial charge is 0.495 e. The molecule has 0 amide bonds. The van der Waals surface area contributed by atoms with E-state index < -0.39 is 0 Å². The first-order chi connectivity index (χ1) is 14.6. The van der Waals surface area contributed by atoms with Crippen LogP contribution in [0.25, 0.3) is 5.70 Å². The predicted octanol–water partition coefficient (Wildman–Crippen LogP) is 4.11. The van der Waals surface area contributed by atoms with Crippen molar-refractivity contribution in [3.63, 3.8) is 0 Å². The smallest absolute Gasteiger partial charge is 0.227 e. The van der Waals surface area contributed by atoms with Gasteiger partial charge in [0.2, 0.25) is 5.96 Å². The average molecular weight is 426 g/mol. The van der Waals surface area contributed by atoms with Crippen LogP contribution in [-0.2, 0) is 0 Å². The maximum absolute atomic E-state index is 6.23. The molecule has 1 N–H and O–H groups in total. The van der Waals surface area contributed by atoms with Gasteiger partial charge in [0.05, 0.1) is 17.8 Å². The van der Waals surface area contributed by atoms with Crippen LogP contribution in [0.5, 0.6) is 5.75 Å². The van der Waals surface area contributed by atoms with Gasteiger partial charge in [-0.05, 0) is 43.6 Å². The maximum atomic E-state index is 6.23. The Hall–Kier alpha value is -2.67. The number of rotatable bonds is 6. The van der Waals surface area contributed by atoms with Crippen LogP contribution in [0.4, 0.5) is 5.69 Å². The summed E-state index contributed by atoms with van der Waals surface area (Å²) in [6.45, 7) is 8.77. The molecule has 0 atom stereocenters. The molecule has 30 heavy (non-hydrogen) atoms. The van der Waals surface area contributed by atoms with Crippen LogP contribution < -0.4 is 10.1 Å². The minimum atomic E-state index is 0.407. The van der Waals surface area contributed by atoms with E-state index in [2.05, 4.69) is 40.0 Å². The van der Waals surface area contributed by atoms with Crippen LogP contribution in [0.1, 0.15) is 5.56 Å². The lowest BCUT2D eigenvalue weighted by Gasteiger charge is -2.31. The van der Waals surface area contributed by atoms with Crippen molar-refractivity contribution >= 4 is 35.7 Å². The van der Waals surface area contributed by atoms with E-state index in [0.29, 0.717) is 16.7 Å². The van der Waals surface area contributed by atoms with Crippen molar-refractivity contribution in [3.05, 3.63) is 65.2 Å². The Labute approximate surface area is 183 Å². The van der Waals surface area contributed by atoms with Gasteiger partial charge in [-0.3, -0.25) is 4.90 Å². The highest BCUT2D eigenvalue weighted by molar-refractivity contribution is 6.32. The number of likely N-dealkylation sites (N-methyl/N-ethyl adjacent to an activating group) is 1. The summed E-state index contributed by atoms with van der Waals surface area (Å²) in [6, 6.07) is 15.5. The lowest BCUT2D eigenvalue weighted by molar-refractivity contribution is 0.166. The van der Waals surface area contributed by atoms with Crippen molar-refractivity contribution in [2.24, 2.45) is 9.98 Å². The Kier molecular flexibility index (Phi) is 8.02. The van der Waals surface area contributed by atoms with E-state index in [1.165, 1.54) is 0 Å². The predicted molar refractivity (Wildman–Crippen MR) is 127 cm³/mol. The van der Waals surface area contributed by atoms with E-state index in [-0.39, 0.29) is 0 Å². The number of nitrogens with zero attached hydrogens (tertiary/aromatic N) is 4. The number of nitrogens with one attached hydrogen (secondary N) is 1. The molecular weight excluding hydrogens is 398 g/mol. The SMILES string of the molecule is C=NC(=N/C(=C\CN1CCN(C)CC1)c1ccccc1)Nc1ccc(OC)c(Cl)c1. The Bertz CT molecular complexity index is 905. The molecule has 0 bridgehead atoms. The zero-order chi connectivity index (χ0) is 21.3. The fraction of sp³-hybridized carbons (Fsp3) is 0.304. The van der Waals surface area contributed by atoms with Crippen LogP contribution in [0.2, 0.25) is 5.02 Å². The zero-order valence-electron chi connectivity index (χ0n) is 17.5. The summed E-state index contributed by atoms with van der Waals surface area (Å²) >= 11 is 6.23. The molecule has 0 aliphatic carbocycles. The second-order valence-corrected chi connectivity index (χ2v) is 7.53. The molecule has 1 aliphatic heterocycles. The fourth-order valence-electron chi connectivity index (χ4n) is 3.17. The molecule has 0 spiro atoms. The molecule has 1 heterocycles. The Morgan fingerprint density at radius 2 is 1.90 bits per heavy atom. The van der Waals surface area contributed by atoms with Gasteiger partial charge < -0.3 is 15.0 Å². The minimum absolute atomic E-state index is 0.407. The quantitative estimate of drug-likeness (QED) is 0.559. The first kappa shape index (κ1) is 22.0. The van der Waals surface area contributed by atoms with Gasteiger partial charge in [-0.1, -0.05) is 41.9 Å². The monoisotopic (exact) mass is 425 g/mol. The molecule has 0 radical (unpaired) electrons. The van der Waals surface area contributed by atoms with Crippen molar-refractivity contribution in [2.75, 3.05) is 52.2 Å². The van der Waals surface area contributed by atoms with Crippen molar-refractivity contribution in [2.45, 2.75) is 0 Å². The number of hydrogen-bond donors (Lipinski definition) is 1. The highest BCUT2D eigenvalue weighted by atomic mass is 35.5. The van der Waals surface area contributed by atoms with E-state index in [1.807, 2.05) is 36.4 Å². The lowest BCUT2D eigenvalue weighted by atomic mass is 10.1. The molecule has 0 unspecified atom stereocenters. The molecule has 1 aliphatic rings. The Morgan fingerprint density at radius 1 is 1.17 bits per heavy atom. The number of benzene rings is 2. The van der Waals surface area contributed by atoms with Gasteiger partial charge in [0.25, 0.3) is 0 Å². The molecule has 2 aromatic rings. The van der Waals surface area contributed by atoms with Gasteiger partial charge in [-0.25, -0.2) is 9.98 Å². The number of guanidine groups is 1. The summed E-state index contributed by atoms with van der Waals surface area (Å²) < 4.78 is 5.21. The summed E-state index contributed by atoms with van der Waals surface area (Å²) in [5.41, 5.74) is 2.64. The number of halogens is 1. The van der Waals surface area contributed by atoms with E-state index in [4.69, 9.17) is 21.3 Å². The Morgan fingerprint density at radius 3 is 2.53 bits per heavy atom. The van der Waals surface area contributed by atoms with Gasteiger partial charge in [0.1, 0.15) is 5.75 Å². The van der Waals surface area contributed by atoms with Crippen molar-refractivity contribution < 1.29 is 4.74 Å². The average Bonchev–Trinajstić information content (AvgIpc) is 2.77. The number of ether oxygens (including phenoxy) is 1. The van der Waals surface area contributed by atoms with Crippen LogP contribution in [0, 0.1) is 0 Å². The third-order valence-electron chi connectivity index (χ3n) is 4.99. The maximum Gasteiger partial charge on any atom is 0.227 e. The molecule has 1 saturated heterocycles. The zero-order valence-corrected chi connectivity index (χ0v) is 18.3. The molecule has 6 nitrogen and oxygen atoms in total. The van der Waals surface area contributed by atoms with E-state index in [0.717, 1.165) is 49.7 Å². The van der Waals surface area contributed by atoms with Gasteiger partial charge in [-0.15, -0.1) is 0 Å². The highest BCUT2D eigenvalue weighted by Gasteiger charge is 2.13. The van der Waals surface area contributed by atoms with Crippen LogP contribution >= 0.6 is 11.6 Å².